The van der Waals surface area contributed by atoms with Crippen molar-refractivity contribution in [2.24, 2.45) is 11.1 Å². The van der Waals surface area contributed by atoms with Crippen molar-refractivity contribution in [2.75, 3.05) is 13.1 Å². The fourth-order valence-electron chi connectivity index (χ4n) is 4.03. The molecule has 1 aromatic carbocycles. The van der Waals surface area contributed by atoms with E-state index in [-0.39, 0.29) is 11.8 Å². The lowest BCUT2D eigenvalue weighted by atomic mass is 9.70. The molecular formula is C19H27N3O3. The van der Waals surface area contributed by atoms with Gasteiger partial charge in [-0.25, -0.2) is 0 Å². The molecule has 6 heteroatoms. The van der Waals surface area contributed by atoms with E-state index >= 15 is 0 Å². The third-order valence-electron chi connectivity index (χ3n) is 5.33. The number of hydrogen-bond acceptors (Lipinski definition) is 4. The van der Waals surface area contributed by atoms with Gasteiger partial charge in [-0.3, -0.25) is 9.59 Å². The van der Waals surface area contributed by atoms with Crippen LogP contribution in [0.15, 0.2) is 30.3 Å². The van der Waals surface area contributed by atoms with E-state index in [9.17, 15) is 14.7 Å². The standard InChI is InChI=1S/C19H27N3O3/c1-18(2,20)17(25)22-10-6-9-19(12-22)11-14(23)15(21-16(19)24)13-7-4-3-5-8-13/h3-5,7-8,14-15,23H,6,9-12,20H2,1-2H3,(H,21,24)/t14-,15+,19-/m1/s1. The molecule has 0 radical (unpaired) electrons. The van der Waals surface area contributed by atoms with Crippen molar-refractivity contribution in [3.05, 3.63) is 35.9 Å². The van der Waals surface area contributed by atoms with E-state index in [2.05, 4.69) is 5.32 Å². The maximum absolute atomic E-state index is 12.9. The van der Waals surface area contributed by atoms with Crippen LogP contribution in [-0.2, 0) is 9.59 Å². The van der Waals surface area contributed by atoms with Crippen molar-refractivity contribution in [1.82, 2.24) is 10.2 Å². The first-order valence-corrected chi connectivity index (χ1v) is 8.85. The number of nitrogens with one attached hydrogen (secondary N) is 1. The second kappa shape index (κ2) is 6.42. The van der Waals surface area contributed by atoms with Gasteiger partial charge in [0.2, 0.25) is 11.8 Å². The number of benzene rings is 1. The lowest BCUT2D eigenvalue weighted by Crippen LogP contribution is -2.62. The first-order valence-electron chi connectivity index (χ1n) is 8.85. The van der Waals surface area contributed by atoms with E-state index in [1.165, 1.54) is 0 Å². The molecule has 2 aliphatic rings. The van der Waals surface area contributed by atoms with Crippen LogP contribution in [0.3, 0.4) is 0 Å². The van der Waals surface area contributed by atoms with Crippen LogP contribution in [0.4, 0.5) is 0 Å². The van der Waals surface area contributed by atoms with E-state index in [0.717, 1.165) is 12.0 Å². The Morgan fingerprint density at radius 3 is 2.68 bits per heavy atom. The normalized spacial score (nSPS) is 30.2. The highest BCUT2D eigenvalue weighted by Crippen LogP contribution is 2.41. The van der Waals surface area contributed by atoms with Gasteiger partial charge in [0.1, 0.15) is 0 Å². The summed E-state index contributed by atoms with van der Waals surface area (Å²) in [6.07, 6.45) is 1.08. The van der Waals surface area contributed by atoms with Crippen LogP contribution in [0.2, 0.25) is 0 Å². The Kier molecular flexibility index (Phi) is 4.60. The summed E-state index contributed by atoms with van der Waals surface area (Å²) in [5, 5.41) is 13.7. The molecule has 1 spiro atoms. The van der Waals surface area contributed by atoms with Gasteiger partial charge in [0, 0.05) is 13.1 Å². The smallest absolute Gasteiger partial charge is 0.242 e. The van der Waals surface area contributed by atoms with Crippen LogP contribution >= 0.6 is 0 Å². The molecule has 3 rings (SSSR count). The number of rotatable bonds is 2. The van der Waals surface area contributed by atoms with Gasteiger partial charge in [0.15, 0.2) is 0 Å². The molecule has 2 aliphatic heterocycles. The molecule has 2 fully saturated rings. The minimum absolute atomic E-state index is 0.0843. The molecule has 0 bridgehead atoms. The van der Waals surface area contributed by atoms with Gasteiger partial charge >= 0.3 is 0 Å². The van der Waals surface area contributed by atoms with Crippen molar-refractivity contribution in [3.63, 3.8) is 0 Å². The fourth-order valence-corrected chi connectivity index (χ4v) is 4.03. The summed E-state index contributed by atoms with van der Waals surface area (Å²) in [6, 6.07) is 9.09. The van der Waals surface area contributed by atoms with Crippen LogP contribution in [0.1, 0.15) is 44.7 Å². The highest BCUT2D eigenvalue weighted by Gasteiger charge is 2.50. The minimum Gasteiger partial charge on any atom is -0.391 e. The van der Waals surface area contributed by atoms with Crippen LogP contribution in [0.5, 0.6) is 0 Å². The molecule has 2 amide bonds. The lowest BCUT2D eigenvalue weighted by molar-refractivity contribution is -0.151. The molecule has 3 atom stereocenters. The van der Waals surface area contributed by atoms with Gasteiger partial charge in [0.05, 0.1) is 23.1 Å². The topological polar surface area (TPSA) is 95.7 Å². The van der Waals surface area contributed by atoms with E-state index in [1.54, 1.807) is 18.7 Å². The Morgan fingerprint density at radius 1 is 1.36 bits per heavy atom. The number of carbonyl (C=O) groups excluding carboxylic acids is 2. The summed E-state index contributed by atoms with van der Waals surface area (Å²) in [7, 11) is 0. The third-order valence-corrected chi connectivity index (χ3v) is 5.33. The zero-order chi connectivity index (χ0) is 18.2. The van der Waals surface area contributed by atoms with Gasteiger partial charge < -0.3 is 21.1 Å². The van der Waals surface area contributed by atoms with E-state index in [4.69, 9.17) is 5.73 Å². The number of amides is 2. The molecule has 0 aliphatic carbocycles. The van der Waals surface area contributed by atoms with Gasteiger partial charge in [-0.15, -0.1) is 0 Å². The zero-order valence-corrected chi connectivity index (χ0v) is 14.9. The number of aliphatic hydroxyl groups excluding tert-OH is 1. The number of piperidine rings is 2. The maximum atomic E-state index is 12.9. The first kappa shape index (κ1) is 17.9. The minimum atomic E-state index is -0.963. The molecule has 1 aromatic rings. The molecular weight excluding hydrogens is 318 g/mol. The predicted octanol–water partition coefficient (Wildman–Crippen LogP) is 0.955. The highest BCUT2D eigenvalue weighted by atomic mass is 16.3. The third kappa shape index (κ3) is 3.41. The summed E-state index contributed by atoms with van der Waals surface area (Å²) in [5.74, 6) is -0.238. The molecule has 0 saturated carbocycles. The monoisotopic (exact) mass is 345 g/mol. The summed E-state index contributed by atoms with van der Waals surface area (Å²) >= 11 is 0. The number of hydrogen-bond donors (Lipinski definition) is 3. The second-order valence-corrected chi connectivity index (χ2v) is 7.97. The molecule has 4 N–H and O–H groups in total. The Labute approximate surface area is 148 Å². The van der Waals surface area contributed by atoms with E-state index in [1.807, 2.05) is 30.3 Å². The molecule has 0 aromatic heterocycles. The number of carbonyl (C=O) groups is 2. The second-order valence-electron chi connectivity index (χ2n) is 7.97. The summed E-state index contributed by atoms with van der Waals surface area (Å²) < 4.78 is 0. The molecule has 136 valence electrons. The summed E-state index contributed by atoms with van der Waals surface area (Å²) in [4.78, 5) is 27.1. The highest BCUT2D eigenvalue weighted by molar-refractivity contribution is 5.88. The van der Waals surface area contributed by atoms with Crippen LogP contribution in [0.25, 0.3) is 0 Å². The number of nitrogens with two attached hydrogens (primary N) is 1. The van der Waals surface area contributed by atoms with Crippen LogP contribution in [0, 0.1) is 5.41 Å². The van der Waals surface area contributed by atoms with Crippen molar-refractivity contribution in [3.8, 4) is 0 Å². The molecule has 0 unspecified atom stereocenters. The average Bonchev–Trinajstić information content (AvgIpc) is 2.57. The van der Waals surface area contributed by atoms with Gasteiger partial charge in [-0.1, -0.05) is 30.3 Å². The van der Waals surface area contributed by atoms with Gasteiger partial charge in [-0.05, 0) is 38.7 Å². The number of aliphatic hydroxyl groups is 1. The zero-order valence-electron chi connectivity index (χ0n) is 14.9. The Morgan fingerprint density at radius 2 is 2.04 bits per heavy atom. The SMILES string of the molecule is CC(C)(N)C(=O)N1CCC[C@@]2(C[C@@H](O)[C@H](c3ccccc3)NC2=O)C1. The summed E-state index contributed by atoms with van der Waals surface area (Å²) in [5.41, 5.74) is 5.14. The van der Waals surface area contributed by atoms with Crippen molar-refractivity contribution in [2.45, 2.75) is 50.8 Å². The maximum Gasteiger partial charge on any atom is 0.242 e. The molecule has 2 heterocycles. The largest absolute Gasteiger partial charge is 0.391 e. The Bertz CT molecular complexity index is 656. The van der Waals surface area contributed by atoms with Crippen molar-refractivity contribution < 1.29 is 14.7 Å². The quantitative estimate of drug-likeness (QED) is 0.744. The van der Waals surface area contributed by atoms with E-state index in [0.29, 0.717) is 25.9 Å². The van der Waals surface area contributed by atoms with Gasteiger partial charge in [0.25, 0.3) is 0 Å². The Hall–Kier alpha value is -1.92. The van der Waals surface area contributed by atoms with E-state index < -0.39 is 23.1 Å². The fraction of sp³-hybridized carbons (Fsp3) is 0.579. The Balaban J connectivity index is 1.79. The molecule has 6 nitrogen and oxygen atoms in total. The first-order chi connectivity index (χ1) is 11.7. The van der Waals surface area contributed by atoms with Crippen LogP contribution in [-0.4, -0.2) is 46.6 Å². The summed E-state index contributed by atoms with van der Waals surface area (Å²) in [6.45, 7) is 4.28. The molecule has 2 saturated heterocycles. The lowest BCUT2D eigenvalue weighted by Gasteiger charge is -2.48. The average molecular weight is 345 g/mol. The van der Waals surface area contributed by atoms with Gasteiger partial charge in [-0.2, -0.15) is 0 Å². The number of nitrogens with zero attached hydrogens (tertiary/aromatic N) is 1. The molecule has 25 heavy (non-hydrogen) atoms. The van der Waals surface area contributed by atoms with Crippen molar-refractivity contribution >= 4 is 11.8 Å². The van der Waals surface area contributed by atoms with Crippen LogP contribution < -0.4 is 11.1 Å². The predicted molar refractivity (Wildman–Crippen MR) is 94.5 cm³/mol. The van der Waals surface area contributed by atoms with Crippen molar-refractivity contribution in [1.29, 1.82) is 0 Å². The number of likely N-dealkylation sites (tertiary alicyclic amines) is 1.